The summed E-state index contributed by atoms with van der Waals surface area (Å²) < 4.78 is 7.14. The van der Waals surface area contributed by atoms with E-state index in [4.69, 9.17) is 16.3 Å². The van der Waals surface area contributed by atoms with Gasteiger partial charge in [0.15, 0.2) is 17.1 Å². The summed E-state index contributed by atoms with van der Waals surface area (Å²) in [5, 5.41) is 10.4. The second-order valence-corrected chi connectivity index (χ2v) is 5.92. The third-order valence-electron chi connectivity index (χ3n) is 4.02. The molecule has 2 aromatic heterocycles. The Morgan fingerprint density at radius 3 is 2.72 bits per heavy atom. The average molecular weight is 352 g/mol. The summed E-state index contributed by atoms with van der Waals surface area (Å²) in [6.45, 7) is 0. The SMILES string of the molecule is COc1cc(-c2cnc3cnc(-c4ccccc4Cl)cn23)ccc1O. The number of ether oxygens (including phenoxy) is 1. The molecule has 2 aromatic carbocycles. The van der Waals surface area contributed by atoms with Crippen molar-refractivity contribution in [2.45, 2.75) is 0 Å². The van der Waals surface area contributed by atoms with Crippen molar-refractivity contribution < 1.29 is 9.84 Å². The van der Waals surface area contributed by atoms with E-state index < -0.39 is 0 Å². The number of nitrogens with zero attached hydrogens (tertiary/aromatic N) is 3. The first-order valence-corrected chi connectivity index (χ1v) is 8.00. The molecule has 1 N–H and O–H groups in total. The number of aromatic nitrogens is 3. The lowest BCUT2D eigenvalue weighted by Gasteiger charge is -2.08. The van der Waals surface area contributed by atoms with Crippen molar-refractivity contribution in [2.75, 3.05) is 7.11 Å². The van der Waals surface area contributed by atoms with Crippen LogP contribution in [0.4, 0.5) is 0 Å². The molecule has 0 unspecified atom stereocenters. The van der Waals surface area contributed by atoms with Crippen molar-refractivity contribution in [3.05, 3.63) is 66.1 Å². The molecular weight excluding hydrogens is 338 g/mol. The van der Waals surface area contributed by atoms with Crippen molar-refractivity contribution >= 4 is 17.2 Å². The average Bonchev–Trinajstić information content (AvgIpc) is 3.06. The van der Waals surface area contributed by atoms with Crippen molar-refractivity contribution in [2.24, 2.45) is 0 Å². The van der Waals surface area contributed by atoms with Crippen molar-refractivity contribution in [1.29, 1.82) is 0 Å². The molecule has 0 atom stereocenters. The van der Waals surface area contributed by atoms with Gasteiger partial charge >= 0.3 is 0 Å². The van der Waals surface area contributed by atoms with E-state index in [2.05, 4.69) is 9.97 Å². The minimum atomic E-state index is 0.0958. The molecule has 4 aromatic rings. The van der Waals surface area contributed by atoms with Gasteiger partial charge in [0.1, 0.15) is 0 Å². The molecule has 6 heteroatoms. The summed E-state index contributed by atoms with van der Waals surface area (Å²) in [5.74, 6) is 0.506. The zero-order valence-electron chi connectivity index (χ0n) is 13.3. The van der Waals surface area contributed by atoms with Crippen LogP contribution in [0, 0.1) is 0 Å². The second-order valence-electron chi connectivity index (χ2n) is 5.51. The van der Waals surface area contributed by atoms with Gasteiger partial charge in [0.25, 0.3) is 0 Å². The zero-order valence-corrected chi connectivity index (χ0v) is 14.1. The standard InChI is InChI=1S/C19H14ClN3O2/c1-25-18-8-12(6-7-17(18)24)16-9-22-19-10-21-15(11-23(16)19)13-4-2-3-5-14(13)20/h2-11,24H,1H3. The molecule has 5 nitrogen and oxygen atoms in total. The Hall–Kier alpha value is -3.05. The van der Waals surface area contributed by atoms with E-state index in [1.54, 1.807) is 24.5 Å². The Morgan fingerprint density at radius 2 is 1.92 bits per heavy atom. The molecule has 0 aliphatic carbocycles. The first-order valence-electron chi connectivity index (χ1n) is 7.63. The quantitative estimate of drug-likeness (QED) is 0.593. The minimum absolute atomic E-state index is 0.0958. The molecular formula is C19H14ClN3O2. The van der Waals surface area contributed by atoms with Crippen molar-refractivity contribution in [1.82, 2.24) is 14.4 Å². The Bertz CT molecular complexity index is 1080. The Balaban J connectivity index is 1.89. The lowest BCUT2D eigenvalue weighted by atomic mass is 10.1. The normalized spacial score (nSPS) is 11.0. The van der Waals surface area contributed by atoms with E-state index in [0.29, 0.717) is 10.8 Å². The molecule has 0 fully saturated rings. The predicted octanol–water partition coefficient (Wildman–Crippen LogP) is 4.43. The van der Waals surface area contributed by atoms with Gasteiger partial charge in [-0.2, -0.15) is 0 Å². The van der Waals surface area contributed by atoms with Gasteiger partial charge in [-0.1, -0.05) is 29.8 Å². The number of phenolic OH excluding ortho intramolecular Hbond substituents is 1. The third-order valence-corrected chi connectivity index (χ3v) is 4.35. The molecule has 0 saturated carbocycles. The maximum absolute atomic E-state index is 9.80. The van der Waals surface area contributed by atoms with Crippen LogP contribution in [-0.2, 0) is 0 Å². The molecule has 2 heterocycles. The smallest absolute Gasteiger partial charge is 0.161 e. The highest BCUT2D eigenvalue weighted by Gasteiger charge is 2.12. The number of fused-ring (bicyclic) bond motifs is 1. The summed E-state index contributed by atoms with van der Waals surface area (Å²) in [7, 11) is 1.52. The van der Waals surface area contributed by atoms with Crippen LogP contribution < -0.4 is 4.74 Å². The lowest BCUT2D eigenvalue weighted by Crippen LogP contribution is -1.94. The predicted molar refractivity (Wildman–Crippen MR) is 97.1 cm³/mol. The van der Waals surface area contributed by atoms with Gasteiger partial charge in [-0.15, -0.1) is 0 Å². The van der Waals surface area contributed by atoms with E-state index in [0.717, 1.165) is 28.2 Å². The molecule has 0 spiro atoms. The van der Waals surface area contributed by atoms with Crippen LogP contribution in [0.2, 0.25) is 5.02 Å². The number of imidazole rings is 1. The lowest BCUT2D eigenvalue weighted by molar-refractivity contribution is 0.373. The first-order chi connectivity index (χ1) is 12.2. The molecule has 4 rings (SSSR count). The summed E-state index contributed by atoms with van der Waals surface area (Å²) in [4.78, 5) is 8.85. The zero-order chi connectivity index (χ0) is 17.4. The summed E-state index contributed by atoms with van der Waals surface area (Å²) in [5.41, 5.74) is 4.07. The molecule has 0 bridgehead atoms. The van der Waals surface area contributed by atoms with Crippen LogP contribution in [0.25, 0.3) is 28.2 Å². The first kappa shape index (κ1) is 15.5. The fourth-order valence-corrected chi connectivity index (χ4v) is 2.98. The monoisotopic (exact) mass is 351 g/mol. The fourth-order valence-electron chi connectivity index (χ4n) is 2.75. The number of rotatable bonds is 3. The van der Waals surface area contributed by atoms with Gasteiger partial charge in [-0.05, 0) is 24.3 Å². The minimum Gasteiger partial charge on any atom is -0.504 e. The molecule has 25 heavy (non-hydrogen) atoms. The Labute approximate surface area is 149 Å². The van der Waals surface area contributed by atoms with Crippen LogP contribution >= 0.6 is 11.6 Å². The highest BCUT2D eigenvalue weighted by Crippen LogP contribution is 2.32. The third kappa shape index (κ3) is 2.68. The maximum Gasteiger partial charge on any atom is 0.161 e. The van der Waals surface area contributed by atoms with Gasteiger partial charge in [0.2, 0.25) is 0 Å². The van der Waals surface area contributed by atoms with E-state index in [9.17, 15) is 5.11 Å². The number of phenols is 1. The van der Waals surface area contributed by atoms with Gasteiger partial charge in [-0.25, -0.2) is 4.98 Å². The fraction of sp³-hybridized carbons (Fsp3) is 0.0526. The Morgan fingerprint density at radius 1 is 1.08 bits per heavy atom. The number of methoxy groups -OCH3 is 1. The van der Waals surface area contributed by atoms with E-state index in [1.807, 2.05) is 40.9 Å². The van der Waals surface area contributed by atoms with Gasteiger partial charge < -0.3 is 9.84 Å². The molecule has 0 radical (unpaired) electrons. The topological polar surface area (TPSA) is 59.7 Å². The second kappa shape index (κ2) is 6.11. The van der Waals surface area contributed by atoms with Gasteiger partial charge in [0.05, 0.1) is 35.9 Å². The highest BCUT2D eigenvalue weighted by molar-refractivity contribution is 6.33. The van der Waals surface area contributed by atoms with Crippen LogP contribution in [0.1, 0.15) is 0 Å². The molecule has 0 saturated heterocycles. The summed E-state index contributed by atoms with van der Waals surface area (Å²) in [6, 6.07) is 12.8. The van der Waals surface area contributed by atoms with Crippen LogP contribution in [0.5, 0.6) is 11.5 Å². The van der Waals surface area contributed by atoms with Crippen molar-refractivity contribution in [3.63, 3.8) is 0 Å². The van der Waals surface area contributed by atoms with E-state index >= 15 is 0 Å². The molecule has 0 aliphatic heterocycles. The molecule has 124 valence electrons. The number of hydrogen-bond donors (Lipinski definition) is 1. The number of hydrogen-bond acceptors (Lipinski definition) is 4. The number of benzene rings is 2. The summed E-state index contributed by atoms with van der Waals surface area (Å²) >= 11 is 6.29. The van der Waals surface area contributed by atoms with Crippen LogP contribution in [0.3, 0.4) is 0 Å². The number of aromatic hydroxyl groups is 1. The largest absolute Gasteiger partial charge is 0.504 e. The Kier molecular flexibility index (Phi) is 3.78. The van der Waals surface area contributed by atoms with E-state index in [-0.39, 0.29) is 5.75 Å². The molecule has 0 amide bonds. The van der Waals surface area contributed by atoms with Gasteiger partial charge in [0, 0.05) is 17.3 Å². The maximum atomic E-state index is 9.80. The van der Waals surface area contributed by atoms with E-state index in [1.165, 1.54) is 7.11 Å². The van der Waals surface area contributed by atoms with Gasteiger partial charge in [-0.3, -0.25) is 9.38 Å². The van der Waals surface area contributed by atoms with Crippen LogP contribution in [-0.4, -0.2) is 26.6 Å². The van der Waals surface area contributed by atoms with Crippen molar-refractivity contribution in [3.8, 4) is 34.0 Å². The highest BCUT2D eigenvalue weighted by atomic mass is 35.5. The number of halogens is 1. The molecule has 0 aliphatic rings. The van der Waals surface area contributed by atoms with Crippen LogP contribution in [0.15, 0.2) is 61.1 Å². The summed E-state index contributed by atoms with van der Waals surface area (Å²) in [6.07, 6.45) is 5.37.